The van der Waals surface area contributed by atoms with Gasteiger partial charge in [0.15, 0.2) is 0 Å². The average Bonchev–Trinajstić information content (AvgIpc) is 3.84. The van der Waals surface area contributed by atoms with Gasteiger partial charge in [0.05, 0.1) is 11.1 Å². The summed E-state index contributed by atoms with van der Waals surface area (Å²) in [5.74, 6) is 0. The molecule has 11 rings (SSSR count). The van der Waals surface area contributed by atoms with E-state index < -0.39 is 0 Å². The van der Waals surface area contributed by atoms with Crippen molar-refractivity contribution in [2.24, 2.45) is 0 Å². The highest BCUT2D eigenvalue weighted by Crippen LogP contribution is 2.52. The van der Waals surface area contributed by atoms with E-state index in [9.17, 15) is 0 Å². The summed E-state index contributed by atoms with van der Waals surface area (Å²) in [6.07, 6.45) is 0. The Balaban J connectivity index is 1.25. The molecule has 52 heavy (non-hydrogen) atoms. The smallest absolute Gasteiger partial charge is 0.145 e. The van der Waals surface area contributed by atoms with Crippen molar-refractivity contribution in [3.8, 4) is 22.3 Å². The third-order valence-electron chi connectivity index (χ3n) is 11.3. The van der Waals surface area contributed by atoms with Crippen molar-refractivity contribution in [1.29, 1.82) is 0 Å². The number of anilines is 3. The van der Waals surface area contributed by atoms with E-state index >= 15 is 0 Å². The maximum atomic E-state index is 6.92. The van der Waals surface area contributed by atoms with Crippen molar-refractivity contribution < 1.29 is 8.83 Å². The number of benzene rings is 8. The van der Waals surface area contributed by atoms with E-state index in [-0.39, 0.29) is 5.41 Å². The summed E-state index contributed by atoms with van der Waals surface area (Å²) in [5.41, 5.74) is 14.0. The van der Waals surface area contributed by atoms with Crippen LogP contribution < -0.4 is 4.90 Å². The van der Waals surface area contributed by atoms with Gasteiger partial charge in [-0.05, 0) is 87.1 Å². The van der Waals surface area contributed by atoms with E-state index in [1.54, 1.807) is 0 Å². The first-order valence-corrected chi connectivity index (χ1v) is 17.9. The van der Waals surface area contributed by atoms with Crippen LogP contribution in [0.3, 0.4) is 0 Å². The van der Waals surface area contributed by atoms with Crippen LogP contribution in [0.25, 0.3) is 76.9 Å². The Bertz CT molecular complexity index is 3050. The van der Waals surface area contributed by atoms with Crippen molar-refractivity contribution in [1.82, 2.24) is 0 Å². The Kier molecular flexibility index (Phi) is 6.01. The van der Waals surface area contributed by atoms with Crippen LogP contribution in [-0.2, 0) is 5.41 Å². The zero-order chi connectivity index (χ0) is 34.6. The van der Waals surface area contributed by atoms with Crippen LogP contribution in [0, 0.1) is 0 Å². The summed E-state index contributed by atoms with van der Waals surface area (Å²) < 4.78 is 13.4. The molecule has 246 valence electrons. The second-order valence-electron chi connectivity index (χ2n) is 14.5. The fourth-order valence-electron chi connectivity index (χ4n) is 8.77. The third kappa shape index (κ3) is 4.08. The Morgan fingerprint density at radius 1 is 0.442 bits per heavy atom. The highest BCUT2D eigenvalue weighted by molar-refractivity contribution is 6.25. The van der Waals surface area contributed by atoms with Gasteiger partial charge in [-0.25, -0.2) is 0 Å². The van der Waals surface area contributed by atoms with Crippen LogP contribution in [0.2, 0.25) is 0 Å². The van der Waals surface area contributed by atoms with Crippen LogP contribution in [0.4, 0.5) is 17.1 Å². The quantitative estimate of drug-likeness (QED) is 0.187. The lowest BCUT2D eigenvalue weighted by atomic mass is 9.82. The first kappa shape index (κ1) is 29.2. The first-order valence-electron chi connectivity index (χ1n) is 17.9. The van der Waals surface area contributed by atoms with Gasteiger partial charge in [-0.3, -0.25) is 0 Å². The number of hydrogen-bond donors (Lipinski definition) is 0. The lowest BCUT2D eigenvalue weighted by molar-refractivity contribution is 0.660. The Labute approximate surface area is 301 Å². The molecule has 0 unspecified atom stereocenters. The number of hydrogen-bond acceptors (Lipinski definition) is 3. The lowest BCUT2D eigenvalue weighted by Gasteiger charge is -2.29. The molecule has 3 nitrogen and oxygen atoms in total. The molecule has 1 aliphatic rings. The number of fused-ring (bicyclic) bond motifs is 11. The highest BCUT2D eigenvalue weighted by atomic mass is 16.3. The van der Waals surface area contributed by atoms with Crippen LogP contribution in [-0.4, -0.2) is 0 Å². The van der Waals surface area contributed by atoms with E-state index in [1.807, 2.05) is 12.1 Å². The minimum atomic E-state index is -0.151. The van der Waals surface area contributed by atoms with Gasteiger partial charge in [0.1, 0.15) is 22.3 Å². The molecular formula is C49H33NO2. The zero-order valence-electron chi connectivity index (χ0n) is 28.9. The summed E-state index contributed by atoms with van der Waals surface area (Å²) in [4.78, 5) is 2.40. The monoisotopic (exact) mass is 667 g/mol. The molecule has 0 saturated heterocycles. The van der Waals surface area contributed by atoms with Gasteiger partial charge in [0.25, 0.3) is 0 Å². The Hall–Kier alpha value is -6.58. The van der Waals surface area contributed by atoms with Crippen molar-refractivity contribution in [3.05, 3.63) is 175 Å². The van der Waals surface area contributed by atoms with Crippen molar-refractivity contribution in [2.45, 2.75) is 19.3 Å². The molecule has 0 spiro atoms. The van der Waals surface area contributed by atoms with Crippen molar-refractivity contribution >= 4 is 71.7 Å². The van der Waals surface area contributed by atoms with Crippen LogP contribution >= 0.6 is 0 Å². The molecule has 1 aliphatic carbocycles. The topological polar surface area (TPSA) is 29.5 Å². The second kappa shape index (κ2) is 10.7. The molecule has 3 heteroatoms. The van der Waals surface area contributed by atoms with Gasteiger partial charge in [0, 0.05) is 44.6 Å². The molecule has 2 aromatic heterocycles. The van der Waals surface area contributed by atoms with E-state index in [0.29, 0.717) is 0 Å². The minimum Gasteiger partial charge on any atom is -0.456 e. The normalized spacial score (nSPS) is 13.3. The SMILES string of the molecule is CC1(C)c2ccccc2-c2ccc(N(c3ccc4c(c3)oc3ccccc34)c3ccc(-c4ccccc4)c4oc5ccc6ccccc6c5c34)cc21. The highest BCUT2D eigenvalue weighted by Gasteiger charge is 2.36. The molecule has 0 atom stereocenters. The lowest BCUT2D eigenvalue weighted by Crippen LogP contribution is -2.16. The van der Waals surface area contributed by atoms with Gasteiger partial charge in [-0.2, -0.15) is 0 Å². The number of furan rings is 2. The third-order valence-corrected chi connectivity index (χ3v) is 11.3. The summed E-state index contributed by atoms with van der Waals surface area (Å²) in [5, 5.41) is 6.78. The fourth-order valence-corrected chi connectivity index (χ4v) is 8.77. The van der Waals surface area contributed by atoms with E-state index in [1.165, 1.54) is 33.0 Å². The van der Waals surface area contributed by atoms with E-state index in [4.69, 9.17) is 8.83 Å². The van der Waals surface area contributed by atoms with E-state index in [2.05, 4.69) is 170 Å². The number of para-hydroxylation sites is 1. The number of rotatable bonds is 4. The molecule has 0 aliphatic heterocycles. The molecular weight excluding hydrogens is 635 g/mol. The van der Waals surface area contributed by atoms with Crippen molar-refractivity contribution in [3.63, 3.8) is 0 Å². The molecule has 2 heterocycles. The van der Waals surface area contributed by atoms with Crippen LogP contribution in [0.5, 0.6) is 0 Å². The van der Waals surface area contributed by atoms with Crippen LogP contribution in [0.15, 0.2) is 173 Å². The molecule has 0 N–H and O–H groups in total. The number of nitrogens with zero attached hydrogens (tertiary/aromatic N) is 1. The standard InChI is InChI=1S/C49H33NO2/c1-49(2)40-18-10-8-16-36(40)37-23-21-32(28-41(37)49)50(33-22-24-39-38-17-9-11-19-43(38)51-45(39)29-33)42-26-25-35(30-12-4-3-5-13-30)48-47(42)46-34-15-7-6-14-31(34)20-27-44(46)52-48/h3-29H,1-2H3. The summed E-state index contributed by atoms with van der Waals surface area (Å²) in [7, 11) is 0. The molecule has 0 saturated carbocycles. The maximum absolute atomic E-state index is 6.92. The second-order valence-corrected chi connectivity index (χ2v) is 14.5. The molecule has 8 aromatic carbocycles. The summed E-state index contributed by atoms with van der Waals surface area (Å²) in [6, 6.07) is 58.7. The average molecular weight is 668 g/mol. The molecule has 10 aromatic rings. The van der Waals surface area contributed by atoms with Gasteiger partial charge in [-0.1, -0.05) is 123 Å². The van der Waals surface area contributed by atoms with Gasteiger partial charge < -0.3 is 13.7 Å². The summed E-state index contributed by atoms with van der Waals surface area (Å²) in [6.45, 7) is 4.68. The predicted molar refractivity (Wildman–Crippen MR) is 216 cm³/mol. The maximum Gasteiger partial charge on any atom is 0.145 e. The molecule has 0 amide bonds. The van der Waals surface area contributed by atoms with Gasteiger partial charge in [-0.15, -0.1) is 0 Å². The van der Waals surface area contributed by atoms with E-state index in [0.717, 1.165) is 72.1 Å². The fraction of sp³-hybridized carbons (Fsp3) is 0.0612. The minimum absolute atomic E-state index is 0.151. The summed E-state index contributed by atoms with van der Waals surface area (Å²) >= 11 is 0. The largest absolute Gasteiger partial charge is 0.456 e. The zero-order valence-corrected chi connectivity index (χ0v) is 28.9. The molecule has 0 bridgehead atoms. The van der Waals surface area contributed by atoms with Gasteiger partial charge in [0.2, 0.25) is 0 Å². The first-order chi connectivity index (χ1) is 25.5. The molecule has 0 radical (unpaired) electrons. The van der Waals surface area contributed by atoms with Gasteiger partial charge >= 0.3 is 0 Å². The Morgan fingerprint density at radius 2 is 1.13 bits per heavy atom. The van der Waals surface area contributed by atoms with Crippen LogP contribution in [0.1, 0.15) is 25.0 Å². The van der Waals surface area contributed by atoms with Crippen molar-refractivity contribution in [2.75, 3.05) is 4.90 Å². The molecule has 0 fully saturated rings. The predicted octanol–water partition coefficient (Wildman–Crippen LogP) is 14.1. The Morgan fingerprint density at radius 3 is 2.04 bits per heavy atom.